The maximum absolute atomic E-state index is 11.4. The molecule has 2 N–H and O–H groups in total. The average molecular weight is 408 g/mol. The molecule has 1 aliphatic heterocycles. The van der Waals surface area contributed by atoms with Crippen molar-refractivity contribution in [2.45, 2.75) is 11.4 Å². The molecule has 1 saturated heterocycles. The lowest BCUT2D eigenvalue weighted by Crippen LogP contribution is -2.45. The number of anilines is 1. The Morgan fingerprint density at radius 2 is 1.31 bits per heavy atom. The van der Waals surface area contributed by atoms with Crippen LogP contribution in [0.2, 0.25) is 0 Å². The predicted octanol–water partition coefficient (Wildman–Crippen LogP) is 3.32. The van der Waals surface area contributed by atoms with E-state index in [2.05, 4.69) is 58.3 Å². The van der Waals surface area contributed by atoms with E-state index in [0.717, 1.165) is 38.4 Å². The zero-order valence-corrected chi connectivity index (χ0v) is 17.1. The molecule has 0 amide bonds. The maximum Gasteiger partial charge on any atom is 0.238 e. The number of hydrogen-bond donors (Lipinski definition) is 1. The van der Waals surface area contributed by atoms with Gasteiger partial charge >= 0.3 is 0 Å². The summed E-state index contributed by atoms with van der Waals surface area (Å²) in [5.74, 6) is 0. The van der Waals surface area contributed by atoms with Gasteiger partial charge in [0.15, 0.2) is 0 Å². The van der Waals surface area contributed by atoms with Crippen molar-refractivity contribution in [3.63, 3.8) is 0 Å². The smallest absolute Gasteiger partial charge is 0.238 e. The monoisotopic (exact) mass is 407 g/mol. The highest BCUT2D eigenvalue weighted by Crippen LogP contribution is 2.22. The molecule has 0 spiro atoms. The van der Waals surface area contributed by atoms with Gasteiger partial charge in [-0.1, -0.05) is 54.6 Å². The molecule has 0 radical (unpaired) electrons. The third kappa shape index (κ3) is 4.85. The molecule has 0 unspecified atom stereocenters. The number of piperazine rings is 1. The summed E-state index contributed by atoms with van der Waals surface area (Å²) in [5, 5.41) is 5.17. The van der Waals surface area contributed by atoms with Crippen LogP contribution in [-0.4, -0.2) is 39.5 Å². The number of benzene rings is 3. The SMILES string of the molecule is NS(=O)(=O)c1ccc(N2CCN(Cc3ccc(-c4ccccc4)cc3)CC2)cc1. The summed E-state index contributed by atoms with van der Waals surface area (Å²) < 4.78 is 22.8. The summed E-state index contributed by atoms with van der Waals surface area (Å²) in [6.45, 7) is 4.70. The van der Waals surface area contributed by atoms with E-state index < -0.39 is 10.0 Å². The Bertz CT molecular complexity index is 1040. The van der Waals surface area contributed by atoms with E-state index in [1.807, 2.05) is 18.2 Å². The molecule has 1 aliphatic rings. The van der Waals surface area contributed by atoms with Crippen molar-refractivity contribution in [3.8, 4) is 11.1 Å². The fraction of sp³-hybridized carbons (Fsp3) is 0.217. The zero-order valence-electron chi connectivity index (χ0n) is 16.2. The highest BCUT2D eigenvalue weighted by molar-refractivity contribution is 7.89. The van der Waals surface area contributed by atoms with Crippen LogP contribution >= 0.6 is 0 Å². The summed E-state index contributed by atoms with van der Waals surface area (Å²) in [4.78, 5) is 4.88. The van der Waals surface area contributed by atoms with Gasteiger partial charge in [0.1, 0.15) is 0 Å². The molecule has 0 aliphatic carbocycles. The van der Waals surface area contributed by atoms with Crippen LogP contribution in [-0.2, 0) is 16.6 Å². The van der Waals surface area contributed by atoms with Crippen LogP contribution in [0.25, 0.3) is 11.1 Å². The summed E-state index contributed by atoms with van der Waals surface area (Å²) >= 11 is 0. The Morgan fingerprint density at radius 3 is 1.90 bits per heavy atom. The number of hydrogen-bond acceptors (Lipinski definition) is 4. The van der Waals surface area contributed by atoms with Crippen molar-refractivity contribution in [3.05, 3.63) is 84.4 Å². The molecule has 1 fully saturated rings. The van der Waals surface area contributed by atoms with Gasteiger partial charge in [-0.2, -0.15) is 0 Å². The van der Waals surface area contributed by atoms with Crippen LogP contribution in [0, 0.1) is 0 Å². The number of primary sulfonamides is 1. The molecule has 29 heavy (non-hydrogen) atoms. The largest absolute Gasteiger partial charge is 0.369 e. The lowest BCUT2D eigenvalue weighted by molar-refractivity contribution is 0.250. The zero-order chi connectivity index (χ0) is 20.3. The minimum absolute atomic E-state index is 0.152. The fourth-order valence-corrected chi connectivity index (χ4v) is 4.22. The third-order valence-corrected chi connectivity index (χ3v) is 6.30. The van der Waals surface area contributed by atoms with Crippen LogP contribution in [0.5, 0.6) is 0 Å². The molecule has 1 heterocycles. The third-order valence-electron chi connectivity index (χ3n) is 5.37. The Labute approximate surface area is 172 Å². The molecule has 0 aromatic heterocycles. The first kappa shape index (κ1) is 19.6. The molecule has 6 heteroatoms. The molecule has 0 saturated carbocycles. The van der Waals surface area contributed by atoms with Crippen molar-refractivity contribution in [1.29, 1.82) is 0 Å². The first-order valence-corrected chi connectivity index (χ1v) is 11.3. The second kappa shape index (κ2) is 8.37. The Morgan fingerprint density at radius 1 is 0.724 bits per heavy atom. The van der Waals surface area contributed by atoms with E-state index in [-0.39, 0.29) is 4.90 Å². The minimum Gasteiger partial charge on any atom is -0.369 e. The van der Waals surface area contributed by atoms with Crippen molar-refractivity contribution in [2.24, 2.45) is 5.14 Å². The number of rotatable bonds is 5. The van der Waals surface area contributed by atoms with Crippen LogP contribution in [0.4, 0.5) is 5.69 Å². The van der Waals surface area contributed by atoms with Crippen molar-refractivity contribution >= 4 is 15.7 Å². The minimum atomic E-state index is -3.64. The summed E-state index contributed by atoms with van der Waals surface area (Å²) in [6, 6.07) is 26.0. The van der Waals surface area contributed by atoms with Gasteiger partial charge in [-0.3, -0.25) is 4.90 Å². The van der Waals surface area contributed by atoms with Gasteiger partial charge in [0.2, 0.25) is 10.0 Å². The molecular formula is C23H25N3O2S. The summed E-state index contributed by atoms with van der Waals surface area (Å²) in [6.07, 6.45) is 0. The molecule has 150 valence electrons. The molecule has 0 bridgehead atoms. The highest BCUT2D eigenvalue weighted by Gasteiger charge is 2.18. The van der Waals surface area contributed by atoms with Gasteiger partial charge in [0, 0.05) is 38.4 Å². The summed E-state index contributed by atoms with van der Waals surface area (Å²) in [5.41, 5.74) is 4.82. The van der Waals surface area contributed by atoms with Gasteiger partial charge in [0.05, 0.1) is 4.90 Å². The lowest BCUT2D eigenvalue weighted by atomic mass is 10.0. The second-order valence-corrected chi connectivity index (χ2v) is 8.93. The Kier molecular flexibility index (Phi) is 5.67. The van der Waals surface area contributed by atoms with Crippen LogP contribution in [0.1, 0.15) is 5.56 Å². The van der Waals surface area contributed by atoms with E-state index in [1.165, 1.54) is 16.7 Å². The first-order chi connectivity index (χ1) is 14.0. The predicted molar refractivity (Wildman–Crippen MR) is 117 cm³/mol. The van der Waals surface area contributed by atoms with Crippen molar-refractivity contribution in [2.75, 3.05) is 31.1 Å². The first-order valence-electron chi connectivity index (χ1n) is 9.73. The summed E-state index contributed by atoms with van der Waals surface area (Å²) in [7, 11) is -3.64. The molecule has 4 rings (SSSR count). The van der Waals surface area contributed by atoms with Gasteiger partial charge in [0.25, 0.3) is 0 Å². The normalized spacial score (nSPS) is 15.4. The Hall–Kier alpha value is -2.67. The van der Waals surface area contributed by atoms with Gasteiger partial charge in [-0.25, -0.2) is 13.6 Å². The highest BCUT2D eigenvalue weighted by atomic mass is 32.2. The average Bonchev–Trinajstić information content (AvgIpc) is 2.75. The van der Waals surface area contributed by atoms with E-state index in [4.69, 9.17) is 5.14 Å². The molecular weight excluding hydrogens is 382 g/mol. The molecule has 0 atom stereocenters. The van der Waals surface area contributed by atoms with Crippen LogP contribution < -0.4 is 10.0 Å². The van der Waals surface area contributed by atoms with Crippen LogP contribution in [0.3, 0.4) is 0 Å². The van der Waals surface area contributed by atoms with Gasteiger partial charge in [-0.05, 0) is 41.0 Å². The van der Waals surface area contributed by atoms with E-state index in [0.29, 0.717) is 0 Å². The standard InChI is InChI=1S/C23H25N3O2S/c24-29(27,28)23-12-10-22(11-13-23)26-16-14-25(15-17-26)18-19-6-8-21(9-7-19)20-4-2-1-3-5-20/h1-13H,14-18H2,(H2,24,27,28). The van der Waals surface area contributed by atoms with Crippen molar-refractivity contribution < 1.29 is 8.42 Å². The van der Waals surface area contributed by atoms with E-state index >= 15 is 0 Å². The number of nitrogens with two attached hydrogens (primary N) is 1. The van der Waals surface area contributed by atoms with E-state index in [1.54, 1.807) is 12.1 Å². The molecule has 3 aromatic rings. The van der Waals surface area contributed by atoms with Gasteiger partial charge < -0.3 is 4.90 Å². The van der Waals surface area contributed by atoms with Gasteiger partial charge in [-0.15, -0.1) is 0 Å². The van der Waals surface area contributed by atoms with E-state index in [9.17, 15) is 8.42 Å². The maximum atomic E-state index is 11.4. The number of sulfonamides is 1. The van der Waals surface area contributed by atoms with Crippen molar-refractivity contribution in [1.82, 2.24) is 4.90 Å². The molecule has 5 nitrogen and oxygen atoms in total. The lowest BCUT2D eigenvalue weighted by Gasteiger charge is -2.36. The molecule has 3 aromatic carbocycles. The Balaban J connectivity index is 1.33. The number of nitrogens with zero attached hydrogens (tertiary/aromatic N) is 2. The second-order valence-electron chi connectivity index (χ2n) is 7.37. The van der Waals surface area contributed by atoms with Crippen LogP contribution in [0.15, 0.2) is 83.8 Å². The topological polar surface area (TPSA) is 66.6 Å². The quantitative estimate of drug-likeness (QED) is 0.705. The fourth-order valence-electron chi connectivity index (χ4n) is 3.70.